The molecule has 0 aromatic heterocycles. The summed E-state index contributed by atoms with van der Waals surface area (Å²) < 4.78 is 0. The second kappa shape index (κ2) is 6.81. The van der Waals surface area contributed by atoms with Gasteiger partial charge in [0.05, 0.1) is 6.04 Å². The van der Waals surface area contributed by atoms with E-state index in [1.165, 1.54) is 11.1 Å². The van der Waals surface area contributed by atoms with Gasteiger partial charge in [-0.3, -0.25) is 0 Å². The summed E-state index contributed by atoms with van der Waals surface area (Å²) in [6.45, 7) is 6.43. The molecule has 0 bridgehead atoms. The Hall–Kier alpha value is -1.47. The van der Waals surface area contributed by atoms with Gasteiger partial charge >= 0.3 is 0 Å². The first-order valence-corrected chi connectivity index (χ1v) is 7.64. The summed E-state index contributed by atoms with van der Waals surface area (Å²) in [5, 5.41) is 4.42. The smallest absolute Gasteiger partial charge is 0.0511 e. The molecule has 1 atom stereocenters. The van der Waals surface area contributed by atoms with E-state index in [9.17, 15) is 0 Å². The third-order valence-electron chi connectivity index (χ3n) is 3.80. The molecule has 0 aliphatic carbocycles. The molecular formula is C18H22ClN. The number of hydrogen-bond donors (Lipinski definition) is 1. The Morgan fingerprint density at radius 3 is 2.35 bits per heavy atom. The highest BCUT2D eigenvalue weighted by Crippen LogP contribution is 2.28. The second-order valence-electron chi connectivity index (χ2n) is 5.11. The number of aryl methyl sites for hydroxylation is 1. The molecule has 2 aromatic carbocycles. The summed E-state index contributed by atoms with van der Waals surface area (Å²) in [5.74, 6) is 0. The zero-order valence-electron chi connectivity index (χ0n) is 12.4. The van der Waals surface area contributed by atoms with Gasteiger partial charge in [0.15, 0.2) is 0 Å². The number of nitrogens with one attached hydrogen (secondary N) is 1. The molecule has 0 heterocycles. The maximum atomic E-state index is 6.19. The van der Waals surface area contributed by atoms with Gasteiger partial charge in [-0.15, -0.1) is 0 Å². The van der Waals surface area contributed by atoms with E-state index in [2.05, 4.69) is 56.4 Å². The molecule has 0 spiro atoms. The topological polar surface area (TPSA) is 12.0 Å². The number of benzene rings is 2. The van der Waals surface area contributed by atoms with E-state index in [-0.39, 0.29) is 0 Å². The maximum Gasteiger partial charge on any atom is 0.0511 e. The second-order valence-corrected chi connectivity index (χ2v) is 5.52. The number of rotatable bonds is 5. The van der Waals surface area contributed by atoms with Crippen molar-refractivity contribution in [1.82, 2.24) is 0 Å². The minimum atomic E-state index is 0.318. The van der Waals surface area contributed by atoms with Crippen LogP contribution in [0.25, 0.3) is 0 Å². The predicted octanol–water partition coefficient (Wildman–Crippen LogP) is 5.77. The molecule has 20 heavy (non-hydrogen) atoms. The molecule has 0 amide bonds. The van der Waals surface area contributed by atoms with Crippen molar-refractivity contribution < 1.29 is 0 Å². The lowest BCUT2D eigenvalue weighted by Crippen LogP contribution is -2.10. The van der Waals surface area contributed by atoms with E-state index >= 15 is 0 Å². The summed E-state index contributed by atoms with van der Waals surface area (Å²) in [5.41, 5.74) is 4.92. The Bertz CT molecular complexity index is 560. The van der Waals surface area contributed by atoms with Gasteiger partial charge in [-0.25, -0.2) is 0 Å². The summed E-state index contributed by atoms with van der Waals surface area (Å²) in [7, 11) is 0. The Morgan fingerprint density at radius 2 is 1.75 bits per heavy atom. The summed E-state index contributed by atoms with van der Waals surface area (Å²) in [6, 6.07) is 15.2. The molecular weight excluding hydrogens is 266 g/mol. The average molecular weight is 288 g/mol. The van der Waals surface area contributed by atoms with Crippen LogP contribution in [0.4, 0.5) is 5.69 Å². The molecule has 0 saturated heterocycles. The molecule has 2 rings (SSSR count). The predicted molar refractivity (Wildman–Crippen MR) is 88.7 cm³/mol. The number of halogens is 1. The highest BCUT2D eigenvalue weighted by molar-refractivity contribution is 6.31. The lowest BCUT2D eigenvalue weighted by molar-refractivity contribution is 0.748. The van der Waals surface area contributed by atoms with Crippen LogP contribution < -0.4 is 5.32 Å². The molecule has 1 unspecified atom stereocenters. The van der Waals surface area contributed by atoms with Gasteiger partial charge in [0.2, 0.25) is 0 Å². The van der Waals surface area contributed by atoms with Gasteiger partial charge in [-0.2, -0.15) is 0 Å². The molecule has 0 saturated carbocycles. The SMILES string of the molecule is CCc1ccc(C(CC)Nc2cccc(Cl)c2C)cc1. The minimum Gasteiger partial charge on any atom is -0.378 e. The van der Waals surface area contributed by atoms with E-state index in [0.717, 1.165) is 29.1 Å². The van der Waals surface area contributed by atoms with Gasteiger partial charge in [0.1, 0.15) is 0 Å². The van der Waals surface area contributed by atoms with Crippen molar-refractivity contribution in [3.63, 3.8) is 0 Å². The molecule has 106 valence electrons. The molecule has 0 aliphatic heterocycles. The first-order valence-electron chi connectivity index (χ1n) is 7.26. The maximum absolute atomic E-state index is 6.19. The molecule has 1 nitrogen and oxygen atoms in total. The third-order valence-corrected chi connectivity index (χ3v) is 4.21. The van der Waals surface area contributed by atoms with Crippen LogP contribution in [0, 0.1) is 6.92 Å². The first kappa shape index (κ1) is 14.9. The van der Waals surface area contributed by atoms with Crippen molar-refractivity contribution in [3.05, 3.63) is 64.2 Å². The molecule has 1 N–H and O–H groups in total. The number of anilines is 1. The molecule has 0 fully saturated rings. The summed E-state index contributed by atoms with van der Waals surface area (Å²) >= 11 is 6.19. The van der Waals surface area contributed by atoms with Gasteiger partial charge < -0.3 is 5.32 Å². The summed E-state index contributed by atoms with van der Waals surface area (Å²) in [4.78, 5) is 0. The Balaban J connectivity index is 2.21. The standard InChI is InChI=1S/C18H22ClN/c1-4-14-9-11-15(12-10-14)17(5-2)20-18-8-6-7-16(19)13(18)3/h6-12,17,20H,4-5H2,1-3H3. The van der Waals surface area contributed by atoms with Crippen molar-refractivity contribution in [1.29, 1.82) is 0 Å². The third kappa shape index (κ3) is 3.34. The average Bonchev–Trinajstić information content (AvgIpc) is 2.49. The van der Waals surface area contributed by atoms with Gasteiger partial charge in [-0.05, 0) is 48.6 Å². The summed E-state index contributed by atoms with van der Waals surface area (Å²) in [6.07, 6.45) is 2.12. The van der Waals surface area contributed by atoms with E-state index in [0.29, 0.717) is 6.04 Å². The fourth-order valence-electron chi connectivity index (χ4n) is 2.36. The molecule has 2 heteroatoms. The van der Waals surface area contributed by atoms with Crippen LogP contribution in [0.5, 0.6) is 0 Å². The molecule has 2 aromatic rings. The van der Waals surface area contributed by atoms with Crippen LogP contribution in [0.3, 0.4) is 0 Å². The lowest BCUT2D eigenvalue weighted by Gasteiger charge is -2.21. The minimum absolute atomic E-state index is 0.318. The van der Waals surface area contributed by atoms with Crippen molar-refractivity contribution >= 4 is 17.3 Å². The Labute approximate surface area is 127 Å². The van der Waals surface area contributed by atoms with Gasteiger partial charge in [0.25, 0.3) is 0 Å². The zero-order valence-corrected chi connectivity index (χ0v) is 13.2. The van der Waals surface area contributed by atoms with Crippen LogP contribution in [-0.4, -0.2) is 0 Å². The van der Waals surface area contributed by atoms with E-state index in [1.54, 1.807) is 0 Å². The van der Waals surface area contributed by atoms with Crippen LogP contribution in [0.2, 0.25) is 5.02 Å². The van der Waals surface area contributed by atoms with Crippen molar-refractivity contribution in [2.45, 2.75) is 39.7 Å². The van der Waals surface area contributed by atoms with E-state index in [1.807, 2.05) is 12.1 Å². The van der Waals surface area contributed by atoms with E-state index in [4.69, 9.17) is 11.6 Å². The van der Waals surface area contributed by atoms with Gasteiger partial charge in [0, 0.05) is 10.7 Å². The van der Waals surface area contributed by atoms with Crippen molar-refractivity contribution in [2.24, 2.45) is 0 Å². The Morgan fingerprint density at radius 1 is 1.05 bits per heavy atom. The quantitative estimate of drug-likeness (QED) is 0.735. The zero-order chi connectivity index (χ0) is 14.5. The Kier molecular flexibility index (Phi) is 5.08. The molecule has 0 aliphatic rings. The first-order chi connectivity index (χ1) is 9.65. The van der Waals surface area contributed by atoms with Crippen LogP contribution in [0.15, 0.2) is 42.5 Å². The fraction of sp³-hybridized carbons (Fsp3) is 0.333. The fourth-order valence-corrected chi connectivity index (χ4v) is 2.53. The van der Waals surface area contributed by atoms with Gasteiger partial charge in [-0.1, -0.05) is 55.8 Å². The lowest BCUT2D eigenvalue weighted by atomic mass is 10.0. The monoisotopic (exact) mass is 287 g/mol. The highest BCUT2D eigenvalue weighted by Gasteiger charge is 2.11. The van der Waals surface area contributed by atoms with Crippen molar-refractivity contribution in [2.75, 3.05) is 5.32 Å². The number of hydrogen-bond acceptors (Lipinski definition) is 1. The largest absolute Gasteiger partial charge is 0.378 e. The van der Waals surface area contributed by atoms with Crippen LogP contribution >= 0.6 is 11.6 Å². The highest BCUT2D eigenvalue weighted by atomic mass is 35.5. The normalized spacial score (nSPS) is 12.2. The van der Waals surface area contributed by atoms with Crippen molar-refractivity contribution in [3.8, 4) is 0 Å². The molecule has 0 radical (unpaired) electrons. The van der Waals surface area contributed by atoms with E-state index < -0.39 is 0 Å². The van der Waals surface area contributed by atoms with Crippen LogP contribution in [0.1, 0.15) is 43.0 Å². The van der Waals surface area contributed by atoms with Crippen LogP contribution in [-0.2, 0) is 6.42 Å².